The molecule has 4 heteroatoms. The zero-order chi connectivity index (χ0) is 12.5. The van der Waals surface area contributed by atoms with Crippen LogP contribution in [0.4, 0.5) is 10.1 Å². The molecule has 0 radical (unpaired) electrons. The summed E-state index contributed by atoms with van der Waals surface area (Å²) < 4.78 is 19.5. The summed E-state index contributed by atoms with van der Waals surface area (Å²) in [6.07, 6.45) is 0. The van der Waals surface area contributed by atoms with E-state index in [1.165, 1.54) is 6.07 Å². The number of nitrogens with two attached hydrogens (primary N) is 1. The molecule has 0 atom stereocenters. The van der Waals surface area contributed by atoms with Crippen LogP contribution < -0.4 is 10.6 Å². The molecule has 94 valence electrons. The minimum absolute atomic E-state index is 0.177. The molecule has 1 aliphatic heterocycles. The monoisotopic (exact) mass is 238 g/mol. The van der Waals surface area contributed by atoms with Crippen molar-refractivity contribution in [2.45, 2.75) is 25.9 Å². The second kappa shape index (κ2) is 4.63. The topological polar surface area (TPSA) is 38.5 Å². The van der Waals surface area contributed by atoms with Gasteiger partial charge in [0.15, 0.2) is 0 Å². The highest BCUT2D eigenvalue weighted by atomic mass is 19.1. The van der Waals surface area contributed by atoms with Crippen LogP contribution in [0.3, 0.4) is 0 Å². The van der Waals surface area contributed by atoms with Crippen LogP contribution in [0.1, 0.15) is 19.4 Å². The van der Waals surface area contributed by atoms with Gasteiger partial charge in [-0.1, -0.05) is 6.07 Å². The van der Waals surface area contributed by atoms with Crippen LogP contribution in [0.2, 0.25) is 0 Å². The molecule has 0 saturated carbocycles. The van der Waals surface area contributed by atoms with E-state index in [2.05, 4.69) is 18.7 Å². The van der Waals surface area contributed by atoms with Crippen LogP contribution in [0.15, 0.2) is 18.2 Å². The number of anilines is 1. The summed E-state index contributed by atoms with van der Waals surface area (Å²) in [6, 6.07) is 5.20. The molecule has 0 bridgehead atoms. The fraction of sp³-hybridized carbons (Fsp3) is 0.538. The van der Waals surface area contributed by atoms with E-state index in [9.17, 15) is 4.39 Å². The molecule has 17 heavy (non-hydrogen) atoms. The van der Waals surface area contributed by atoms with Gasteiger partial charge < -0.3 is 15.4 Å². The maximum atomic E-state index is 14.0. The van der Waals surface area contributed by atoms with E-state index in [-0.39, 0.29) is 11.4 Å². The highest BCUT2D eigenvalue weighted by molar-refractivity contribution is 5.51. The number of benzene rings is 1. The minimum atomic E-state index is -0.206. The highest BCUT2D eigenvalue weighted by Gasteiger charge is 2.32. The van der Waals surface area contributed by atoms with Crippen molar-refractivity contribution in [2.75, 3.05) is 24.7 Å². The van der Waals surface area contributed by atoms with Crippen molar-refractivity contribution in [1.29, 1.82) is 0 Å². The smallest absolute Gasteiger partial charge is 0.146 e. The predicted molar refractivity (Wildman–Crippen MR) is 66.5 cm³/mol. The lowest BCUT2D eigenvalue weighted by Crippen LogP contribution is -2.53. The van der Waals surface area contributed by atoms with Crippen molar-refractivity contribution in [2.24, 2.45) is 5.73 Å². The molecule has 1 aromatic rings. The van der Waals surface area contributed by atoms with Crippen molar-refractivity contribution in [1.82, 2.24) is 0 Å². The largest absolute Gasteiger partial charge is 0.377 e. The predicted octanol–water partition coefficient (Wildman–Crippen LogP) is 1.90. The van der Waals surface area contributed by atoms with Crippen LogP contribution in [-0.4, -0.2) is 25.3 Å². The minimum Gasteiger partial charge on any atom is -0.377 e. The van der Waals surface area contributed by atoms with Gasteiger partial charge in [0, 0.05) is 13.1 Å². The average Bonchev–Trinajstić information content (AvgIpc) is 2.29. The van der Waals surface area contributed by atoms with Crippen molar-refractivity contribution >= 4 is 5.69 Å². The summed E-state index contributed by atoms with van der Waals surface area (Å²) in [6.45, 7) is 6.45. The summed E-state index contributed by atoms with van der Waals surface area (Å²) >= 11 is 0. The Morgan fingerprint density at radius 3 is 2.82 bits per heavy atom. The molecule has 0 aliphatic carbocycles. The summed E-state index contributed by atoms with van der Waals surface area (Å²) in [5.41, 5.74) is 6.77. The lowest BCUT2D eigenvalue weighted by atomic mass is 10.0. The number of rotatable bonds is 2. The van der Waals surface area contributed by atoms with E-state index in [0.29, 0.717) is 32.0 Å². The van der Waals surface area contributed by atoms with Gasteiger partial charge in [0.05, 0.1) is 24.4 Å². The van der Waals surface area contributed by atoms with E-state index < -0.39 is 0 Å². The first-order chi connectivity index (χ1) is 8.04. The van der Waals surface area contributed by atoms with Gasteiger partial charge in [0.25, 0.3) is 0 Å². The molecule has 0 spiro atoms. The van der Waals surface area contributed by atoms with Crippen molar-refractivity contribution in [3.8, 4) is 0 Å². The molecule has 1 saturated heterocycles. The second-order valence-corrected chi connectivity index (χ2v) is 5.01. The Morgan fingerprint density at radius 1 is 1.47 bits per heavy atom. The Hall–Kier alpha value is -1.13. The number of hydrogen-bond acceptors (Lipinski definition) is 3. The Labute approximate surface area is 101 Å². The van der Waals surface area contributed by atoms with Gasteiger partial charge in [-0.25, -0.2) is 4.39 Å². The zero-order valence-corrected chi connectivity index (χ0v) is 10.4. The second-order valence-electron chi connectivity index (χ2n) is 5.01. The lowest BCUT2D eigenvalue weighted by Gasteiger charge is -2.43. The molecule has 0 unspecified atom stereocenters. The zero-order valence-electron chi connectivity index (χ0n) is 10.4. The van der Waals surface area contributed by atoms with E-state index in [4.69, 9.17) is 10.5 Å². The molecule has 3 nitrogen and oxygen atoms in total. The van der Waals surface area contributed by atoms with Gasteiger partial charge in [-0.3, -0.25) is 0 Å². The molecular formula is C13H19FN2O. The number of hydrogen-bond donors (Lipinski definition) is 1. The van der Waals surface area contributed by atoms with E-state index in [1.54, 1.807) is 0 Å². The molecule has 1 heterocycles. The lowest BCUT2D eigenvalue weighted by molar-refractivity contribution is 0.0640. The van der Waals surface area contributed by atoms with Crippen LogP contribution in [0.5, 0.6) is 0 Å². The third-order valence-electron chi connectivity index (χ3n) is 3.18. The third kappa shape index (κ3) is 2.42. The van der Waals surface area contributed by atoms with Crippen LogP contribution in [0, 0.1) is 5.82 Å². The van der Waals surface area contributed by atoms with Gasteiger partial charge >= 0.3 is 0 Å². The summed E-state index contributed by atoms with van der Waals surface area (Å²) in [7, 11) is 0. The van der Waals surface area contributed by atoms with Crippen LogP contribution >= 0.6 is 0 Å². The Balaban J connectivity index is 2.32. The maximum Gasteiger partial charge on any atom is 0.146 e. The first-order valence-electron chi connectivity index (χ1n) is 5.88. The van der Waals surface area contributed by atoms with Gasteiger partial charge in [-0.15, -0.1) is 0 Å². The van der Waals surface area contributed by atoms with Crippen molar-refractivity contribution in [3.63, 3.8) is 0 Å². The first kappa shape index (κ1) is 12.3. The van der Waals surface area contributed by atoms with Gasteiger partial charge in [0.1, 0.15) is 5.82 Å². The molecule has 0 amide bonds. The van der Waals surface area contributed by atoms with Crippen molar-refractivity contribution < 1.29 is 9.13 Å². The fourth-order valence-electron chi connectivity index (χ4n) is 2.20. The highest BCUT2D eigenvalue weighted by Crippen LogP contribution is 2.29. The van der Waals surface area contributed by atoms with Gasteiger partial charge in [-0.05, 0) is 31.5 Å². The summed E-state index contributed by atoms with van der Waals surface area (Å²) in [4.78, 5) is 2.06. The van der Waals surface area contributed by atoms with Crippen LogP contribution in [-0.2, 0) is 11.3 Å². The number of ether oxygens (including phenoxy) is 1. The standard InChI is InChI=1S/C13H19FN2O/c1-13(2)9-17-6-5-16(13)12-4-3-10(8-15)7-11(12)14/h3-4,7H,5-6,8-9,15H2,1-2H3. The molecule has 2 rings (SSSR count). The maximum absolute atomic E-state index is 14.0. The quantitative estimate of drug-likeness (QED) is 0.855. The SMILES string of the molecule is CC1(C)COCCN1c1ccc(CN)cc1F. The van der Waals surface area contributed by atoms with Gasteiger partial charge in [-0.2, -0.15) is 0 Å². The first-order valence-corrected chi connectivity index (χ1v) is 5.88. The van der Waals surface area contributed by atoms with E-state index in [0.717, 1.165) is 5.56 Å². The Morgan fingerprint density at radius 2 is 2.24 bits per heavy atom. The molecule has 0 aromatic heterocycles. The summed E-state index contributed by atoms with van der Waals surface area (Å²) in [5, 5.41) is 0. The normalized spacial score (nSPS) is 19.4. The van der Waals surface area contributed by atoms with E-state index >= 15 is 0 Å². The number of nitrogens with zero attached hydrogens (tertiary/aromatic N) is 1. The molecular weight excluding hydrogens is 219 g/mol. The van der Waals surface area contributed by atoms with E-state index in [1.807, 2.05) is 12.1 Å². The average molecular weight is 238 g/mol. The molecule has 1 fully saturated rings. The molecule has 1 aliphatic rings. The summed E-state index contributed by atoms with van der Waals surface area (Å²) in [5.74, 6) is -0.206. The molecule has 2 N–H and O–H groups in total. The van der Waals surface area contributed by atoms with Crippen molar-refractivity contribution in [3.05, 3.63) is 29.6 Å². The third-order valence-corrected chi connectivity index (χ3v) is 3.18. The number of halogens is 1. The number of morpholine rings is 1. The Kier molecular flexibility index (Phi) is 3.35. The van der Waals surface area contributed by atoms with Crippen LogP contribution in [0.25, 0.3) is 0 Å². The molecule has 1 aromatic carbocycles. The fourth-order valence-corrected chi connectivity index (χ4v) is 2.20. The van der Waals surface area contributed by atoms with Gasteiger partial charge in [0.2, 0.25) is 0 Å². The Bertz CT molecular complexity index is 406.